The smallest absolute Gasteiger partial charge is 0.230 e. The van der Waals surface area contributed by atoms with E-state index in [1.807, 2.05) is 35.9 Å². The lowest BCUT2D eigenvalue weighted by molar-refractivity contribution is -0.123. The first-order valence-electron chi connectivity index (χ1n) is 10.9. The van der Waals surface area contributed by atoms with Gasteiger partial charge in [0.25, 0.3) is 0 Å². The number of carbonyl (C=O) groups excluding carboxylic acids is 1. The van der Waals surface area contributed by atoms with E-state index in [1.165, 1.54) is 0 Å². The molecule has 1 fully saturated rings. The molecule has 31 heavy (non-hydrogen) atoms. The second kappa shape index (κ2) is 7.72. The summed E-state index contributed by atoms with van der Waals surface area (Å²) in [5.41, 5.74) is 5.24. The van der Waals surface area contributed by atoms with E-state index in [4.69, 9.17) is 0 Å². The first-order valence-corrected chi connectivity index (χ1v) is 10.9. The van der Waals surface area contributed by atoms with Crippen LogP contribution in [0.5, 0.6) is 0 Å². The Bertz CT molecular complexity index is 1110. The number of hydrogen-bond acceptors (Lipinski definition) is 5. The van der Waals surface area contributed by atoms with Crippen LogP contribution in [-0.2, 0) is 18.4 Å². The van der Waals surface area contributed by atoms with Gasteiger partial charge in [-0.15, -0.1) is 0 Å². The fraction of sp³-hybridized carbons (Fsp3) is 0.375. The van der Waals surface area contributed by atoms with Gasteiger partial charge >= 0.3 is 0 Å². The Balaban J connectivity index is 1.38. The molecular formula is C24H28N6O. The van der Waals surface area contributed by atoms with E-state index < -0.39 is 0 Å². The molecule has 0 spiro atoms. The van der Waals surface area contributed by atoms with Crippen molar-refractivity contribution in [1.82, 2.24) is 14.8 Å². The molecule has 0 aliphatic carbocycles. The van der Waals surface area contributed by atoms with E-state index in [0.29, 0.717) is 6.54 Å². The summed E-state index contributed by atoms with van der Waals surface area (Å²) in [6.07, 6.45) is 5.42. The second-order valence-electron chi connectivity index (χ2n) is 8.67. The van der Waals surface area contributed by atoms with Gasteiger partial charge in [0.05, 0.1) is 24.1 Å². The van der Waals surface area contributed by atoms with Crippen molar-refractivity contribution < 1.29 is 4.79 Å². The minimum absolute atomic E-state index is 0.00840. The molecule has 1 saturated heterocycles. The minimum atomic E-state index is 0.00840. The maximum Gasteiger partial charge on any atom is 0.230 e. The van der Waals surface area contributed by atoms with Gasteiger partial charge < -0.3 is 15.1 Å². The Kier molecular flexibility index (Phi) is 4.88. The van der Waals surface area contributed by atoms with Crippen LogP contribution >= 0.6 is 0 Å². The van der Waals surface area contributed by atoms with Gasteiger partial charge in [0, 0.05) is 37.8 Å². The van der Waals surface area contributed by atoms with Crippen molar-refractivity contribution in [3.05, 3.63) is 59.4 Å². The molecule has 0 unspecified atom stereocenters. The van der Waals surface area contributed by atoms with Gasteiger partial charge in [-0.3, -0.25) is 9.48 Å². The van der Waals surface area contributed by atoms with E-state index in [9.17, 15) is 4.79 Å². The third-order valence-electron chi connectivity index (χ3n) is 6.37. The quantitative estimate of drug-likeness (QED) is 0.685. The summed E-state index contributed by atoms with van der Waals surface area (Å²) in [5, 5.41) is 7.90. The minimum Gasteiger partial charge on any atom is -0.357 e. The molecule has 4 heterocycles. The van der Waals surface area contributed by atoms with Gasteiger partial charge in [-0.25, -0.2) is 4.98 Å². The van der Waals surface area contributed by atoms with Gasteiger partial charge in [0.15, 0.2) is 0 Å². The number of fused-ring (bicyclic) bond motifs is 2. The van der Waals surface area contributed by atoms with Crippen molar-refractivity contribution in [2.45, 2.75) is 33.2 Å². The van der Waals surface area contributed by atoms with Crippen molar-refractivity contribution >= 4 is 28.9 Å². The predicted octanol–water partition coefficient (Wildman–Crippen LogP) is 3.94. The number of amides is 1. The van der Waals surface area contributed by atoms with Crippen LogP contribution in [0.1, 0.15) is 29.5 Å². The molecule has 0 bridgehead atoms. The Morgan fingerprint density at radius 2 is 1.84 bits per heavy atom. The monoisotopic (exact) mass is 416 g/mol. The van der Waals surface area contributed by atoms with Crippen LogP contribution in [0.3, 0.4) is 0 Å². The van der Waals surface area contributed by atoms with E-state index in [0.717, 1.165) is 65.6 Å². The summed E-state index contributed by atoms with van der Waals surface area (Å²) in [4.78, 5) is 22.5. The second-order valence-corrected chi connectivity index (χ2v) is 8.67. The molecule has 7 heteroatoms. The molecule has 5 rings (SSSR count). The van der Waals surface area contributed by atoms with Crippen molar-refractivity contribution in [3.63, 3.8) is 0 Å². The summed E-state index contributed by atoms with van der Waals surface area (Å²) in [7, 11) is 1.92. The zero-order valence-electron chi connectivity index (χ0n) is 18.3. The van der Waals surface area contributed by atoms with Crippen LogP contribution < -0.4 is 15.1 Å². The standard InChI is InChI=1S/C24H28N6O/c1-16-4-6-21-20(12-16)27-23-19(14-26-28(23)3)15-30(21)24(31)18-8-10-29(11-9-18)22-7-5-17(2)13-25-22/h4-7,12-14,18,27H,8-11,15H2,1-3H3. The van der Waals surface area contributed by atoms with Crippen molar-refractivity contribution in [2.75, 3.05) is 28.2 Å². The summed E-state index contributed by atoms with van der Waals surface area (Å²) < 4.78 is 1.84. The van der Waals surface area contributed by atoms with Crippen LogP contribution in [0.2, 0.25) is 0 Å². The van der Waals surface area contributed by atoms with Crippen LogP contribution in [0, 0.1) is 19.8 Å². The van der Waals surface area contributed by atoms with Crippen LogP contribution in [-0.4, -0.2) is 33.8 Å². The highest BCUT2D eigenvalue weighted by molar-refractivity contribution is 5.99. The molecule has 2 aliphatic rings. The molecule has 0 saturated carbocycles. The number of piperidine rings is 1. The van der Waals surface area contributed by atoms with Gasteiger partial charge in [-0.1, -0.05) is 12.1 Å². The predicted molar refractivity (Wildman–Crippen MR) is 123 cm³/mol. The topological polar surface area (TPSA) is 66.3 Å². The molecule has 2 aliphatic heterocycles. The number of pyridine rings is 1. The average molecular weight is 417 g/mol. The van der Waals surface area contributed by atoms with Crippen molar-refractivity contribution in [1.29, 1.82) is 0 Å². The Morgan fingerprint density at radius 3 is 2.58 bits per heavy atom. The van der Waals surface area contributed by atoms with Crippen molar-refractivity contribution in [2.24, 2.45) is 13.0 Å². The van der Waals surface area contributed by atoms with Crippen LogP contribution in [0.15, 0.2) is 42.7 Å². The summed E-state index contributed by atoms with van der Waals surface area (Å²) in [6, 6.07) is 10.4. The van der Waals surface area contributed by atoms with Gasteiger partial charge in [-0.05, 0) is 56.0 Å². The maximum absolute atomic E-state index is 13.7. The number of nitrogens with zero attached hydrogens (tertiary/aromatic N) is 5. The number of aromatic nitrogens is 3. The molecule has 7 nitrogen and oxygen atoms in total. The van der Waals surface area contributed by atoms with Crippen molar-refractivity contribution in [3.8, 4) is 0 Å². The molecule has 1 N–H and O–H groups in total. The fourth-order valence-electron chi connectivity index (χ4n) is 4.55. The number of anilines is 4. The molecule has 1 amide bonds. The first-order chi connectivity index (χ1) is 15.0. The molecule has 1 aromatic carbocycles. The lowest BCUT2D eigenvalue weighted by Gasteiger charge is -2.35. The number of rotatable bonds is 2. The summed E-state index contributed by atoms with van der Waals surface area (Å²) in [6.45, 7) is 6.34. The number of aryl methyl sites for hydroxylation is 3. The summed E-state index contributed by atoms with van der Waals surface area (Å²) >= 11 is 0. The third kappa shape index (κ3) is 3.65. The van der Waals surface area contributed by atoms with E-state index in [1.54, 1.807) is 0 Å². The Labute approximate surface area is 182 Å². The Hall–Kier alpha value is -3.35. The number of hydrogen-bond donors (Lipinski definition) is 1. The highest BCUT2D eigenvalue weighted by atomic mass is 16.2. The van der Waals surface area contributed by atoms with Gasteiger partial charge in [-0.2, -0.15) is 5.10 Å². The van der Waals surface area contributed by atoms with E-state index in [2.05, 4.69) is 57.6 Å². The normalized spacial score (nSPS) is 16.4. The van der Waals surface area contributed by atoms with E-state index in [-0.39, 0.29) is 11.8 Å². The number of carbonyl (C=O) groups is 1. The van der Waals surface area contributed by atoms with Crippen LogP contribution in [0.4, 0.5) is 23.0 Å². The first kappa shape index (κ1) is 19.6. The maximum atomic E-state index is 13.7. The highest BCUT2D eigenvalue weighted by Crippen LogP contribution is 2.38. The molecule has 160 valence electrons. The lowest BCUT2D eigenvalue weighted by atomic mass is 9.94. The number of nitrogens with one attached hydrogen (secondary N) is 1. The largest absolute Gasteiger partial charge is 0.357 e. The fourth-order valence-corrected chi connectivity index (χ4v) is 4.55. The lowest BCUT2D eigenvalue weighted by Crippen LogP contribution is -2.42. The van der Waals surface area contributed by atoms with E-state index >= 15 is 0 Å². The SMILES string of the molecule is Cc1ccc(N2CCC(C(=O)N3Cc4cnn(C)c4Nc4cc(C)ccc43)CC2)nc1. The highest BCUT2D eigenvalue weighted by Gasteiger charge is 2.33. The van der Waals surface area contributed by atoms with Crippen LogP contribution in [0.25, 0.3) is 0 Å². The molecule has 0 atom stereocenters. The zero-order chi connectivity index (χ0) is 21.5. The zero-order valence-corrected chi connectivity index (χ0v) is 18.3. The molecule has 3 aromatic rings. The van der Waals surface area contributed by atoms with Gasteiger partial charge in [0.2, 0.25) is 5.91 Å². The molecular weight excluding hydrogens is 388 g/mol. The summed E-state index contributed by atoms with van der Waals surface area (Å²) in [5.74, 6) is 2.15. The third-order valence-corrected chi connectivity index (χ3v) is 6.37. The molecule has 0 radical (unpaired) electrons. The number of benzene rings is 1. The Morgan fingerprint density at radius 1 is 1.06 bits per heavy atom. The average Bonchev–Trinajstić information content (AvgIpc) is 3.02. The molecule has 2 aromatic heterocycles. The van der Waals surface area contributed by atoms with Gasteiger partial charge in [0.1, 0.15) is 11.6 Å².